The molecule has 0 aromatic carbocycles. The first-order valence-corrected chi connectivity index (χ1v) is 6.43. The molecule has 1 aliphatic rings. The number of ether oxygens (including phenoxy) is 1. The molecule has 1 fully saturated rings. The van der Waals surface area contributed by atoms with Crippen LogP contribution in [0.15, 0.2) is 17.1 Å². The van der Waals surface area contributed by atoms with Crippen LogP contribution in [0.3, 0.4) is 0 Å². The van der Waals surface area contributed by atoms with Crippen LogP contribution in [0.4, 0.5) is 0 Å². The first kappa shape index (κ1) is 13.1. The summed E-state index contributed by atoms with van der Waals surface area (Å²) < 4.78 is 7.27. The minimum absolute atomic E-state index is 0.109. The van der Waals surface area contributed by atoms with Gasteiger partial charge in [0.25, 0.3) is 0 Å². The van der Waals surface area contributed by atoms with Gasteiger partial charge in [0.05, 0.1) is 18.9 Å². The lowest BCUT2D eigenvalue weighted by Crippen LogP contribution is -2.38. The Morgan fingerprint density at radius 2 is 2.06 bits per heavy atom. The van der Waals surface area contributed by atoms with Crippen molar-refractivity contribution in [2.75, 3.05) is 32.8 Å². The zero-order valence-corrected chi connectivity index (χ0v) is 10.8. The minimum Gasteiger partial charge on any atom is -0.503 e. The van der Waals surface area contributed by atoms with Crippen LogP contribution in [-0.2, 0) is 17.7 Å². The van der Waals surface area contributed by atoms with Crippen molar-refractivity contribution in [3.05, 3.63) is 28.2 Å². The summed E-state index contributed by atoms with van der Waals surface area (Å²) in [6, 6.07) is 1.42. The lowest BCUT2D eigenvalue weighted by molar-refractivity contribution is 0.0362. The smallest absolute Gasteiger partial charge is 0.223 e. The van der Waals surface area contributed by atoms with Crippen molar-refractivity contribution < 1.29 is 9.84 Å². The third-order valence-corrected chi connectivity index (χ3v) is 3.36. The van der Waals surface area contributed by atoms with Gasteiger partial charge in [0, 0.05) is 38.4 Å². The topological polar surface area (TPSA) is 54.7 Å². The highest BCUT2D eigenvalue weighted by Crippen LogP contribution is 2.12. The number of hydrogen-bond acceptors (Lipinski definition) is 4. The molecule has 1 aromatic rings. The van der Waals surface area contributed by atoms with Gasteiger partial charge in [0.2, 0.25) is 5.43 Å². The highest BCUT2D eigenvalue weighted by atomic mass is 16.5. The van der Waals surface area contributed by atoms with E-state index in [0.717, 1.165) is 45.1 Å². The second kappa shape index (κ2) is 6.02. The van der Waals surface area contributed by atoms with Crippen LogP contribution in [0.1, 0.15) is 12.6 Å². The fourth-order valence-electron chi connectivity index (χ4n) is 2.26. The Morgan fingerprint density at radius 1 is 1.33 bits per heavy atom. The van der Waals surface area contributed by atoms with Crippen LogP contribution in [-0.4, -0.2) is 47.4 Å². The van der Waals surface area contributed by atoms with Crippen LogP contribution in [0.25, 0.3) is 0 Å². The second-order valence-corrected chi connectivity index (χ2v) is 4.48. The summed E-state index contributed by atoms with van der Waals surface area (Å²) in [6.45, 7) is 7.13. The Balaban J connectivity index is 2.04. The average Bonchev–Trinajstić information content (AvgIpc) is 2.41. The molecule has 0 unspecified atom stereocenters. The normalized spacial score (nSPS) is 16.9. The zero-order valence-electron chi connectivity index (χ0n) is 10.8. The highest BCUT2D eigenvalue weighted by Gasteiger charge is 2.12. The predicted molar refractivity (Wildman–Crippen MR) is 69.0 cm³/mol. The molecule has 0 bridgehead atoms. The van der Waals surface area contributed by atoms with Crippen molar-refractivity contribution in [2.45, 2.75) is 19.9 Å². The molecule has 0 amide bonds. The van der Waals surface area contributed by atoms with E-state index in [9.17, 15) is 9.90 Å². The maximum atomic E-state index is 11.4. The van der Waals surface area contributed by atoms with Gasteiger partial charge in [-0.15, -0.1) is 0 Å². The Hall–Kier alpha value is -1.33. The largest absolute Gasteiger partial charge is 0.503 e. The molecule has 0 radical (unpaired) electrons. The van der Waals surface area contributed by atoms with Crippen LogP contribution in [0, 0.1) is 0 Å². The minimum atomic E-state index is -0.297. The van der Waals surface area contributed by atoms with Crippen LogP contribution < -0.4 is 5.43 Å². The van der Waals surface area contributed by atoms with E-state index >= 15 is 0 Å². The highest BCUT2D eigenvalue weighted by molar-refractivity contribution is 5.26. The molecule has 1 N–H and O–H groups in total. The molecule has 1 saturated heterocycles. The van der Waals surface area contributed by atoms with Gasteiger partial charge >= 0.3 is 0 Å². The van der Waals surface area contributed by atoms with Gasteiger partial charge in [-0.1, -0.05) is 6.92 Å². The lowest BCUT2D eigenvalue weighted by atomic mass is 10.2. The van der Waals surface area contributed by atoms with Crippen LogP contribution in [0.5, 0.6) is 5.75 Å². The number of hydrogen-bond donors (Lipinski definition) is 1. The molecule has 1 aromatic heterocycles. The molecule has 1 aliphatic heterocycles. The van der Waals surface area contributed by atoms with E-state index in [1.54, 1.807) is 6.20 Å². The van der Waals surface area contributed by atoms with Crippen LogP contribution in [0.2, 0.25) is 0 Å². The molecule has 0 atom stereocenters. The van der Waals surface area contributed by atoms with E-state index in [-0.39, 0.29) is 11.2 Å². The molecular formula is C13H20N2O3. The summed E-state index contributed by atoms with van der Waals surface area (Å²) in [4.78, 5) is 13.7. The van der Waals surface area contributed by atoms with Crippen molar-refractivity contribution in [1.82, 2.24) is 9.47 Å². The van der Waals surface area contributed by atoms with Gasteiger partial charge in [-0.2, -0.15) is 0 Å². The fourth-order valence-corrected chi connectivity index (χ4v) is 2.26. The molecular weight excluding hydrogens is 232 g/mol. The first-order valence-electron chi connectivity index (χ1n) is 6.43. The molecule has 5 nitrogen and oxygen atoms in total. The van der Waals surface area contributed by atoms with Crippen LogP contribution >= 0.6 is 0 Å². The molecule has 100 valence electrons. The molecule has 0 aliphatic carbocycles. The number of aromatic nitrogens is 1. The first-order chi connectivity index (χ1) is 8.72. The summed E-state index contributed by atoms with van der Waals surface area (Å²) in [6.07, 6.45) is 2.42. The van der Waals surface area contributed by atoms with E-state index in [1.165, 1.54) is 6.07 Å². The maximum absolute atomic E-state index is 11.4. The third kappa shape index (κ3) is 2.91. The standard InChI is InChI=1S/C13H20N2O3/c1-2-11-13(17)12(16)3-4-15(11)6-5-14-7-9-18-10-8-14/h3-4,17H,2,5-10H2,1H3. The van der Waals surface area contributed by atoms with Gasteiger partial charge in [-0.05, 0) is 6.42 Å². The van der Waals surface area contributed by atoms with E-state index in [0.29, 0.717) is 6.42 Å². The maximum Gasteiger partial charge on any atom is 0.223 e. The molecule has 18 heavy (non-hydrogen) atoms. The lowest BCUT2D eigenvalue weighted by Gasteiger charge is -2.27. The van der Waals surface area contributed by atoms with Gasteiger partial charge in [0.1, 0.15) is 0 Å². The number of pyridine rings is 1. The zero-order chi connectivity index (χ0) is 13.0. The summed E-state index contributed by atoms with van der Waals surface area (Å²) in [5.74, 6) is -0.109. The molecule has 0 saturated carbocycles. The Morgan fingerprint density at radius 3 is 2.72 bits per heavy atom. The van der Waals surface area contributed by atoms with Crippen molar-refractivity contribution >= 4 is 0 Å². The summed E-state index contributed by atoms with van der Waals surface area (Å²) in [5, 5.41) is 9.75. The van der Waals surface area contributed by atoms with Gasteiger partial charge < -0.3 is 14.4 Å². The van der Waals surface area contributed by atoms with Gasteiger partial charge in [-0.25, -0.2) is 0 Å². The van der Waals surface area contributed by atoms with E-state index in [4.69, 9.17) is 4.74 Å². The monoisotopic (exact) mass is 252 g/mol. The van der Waals surface area contributed by atoms with Crippen molar-refractivity contribution in [3.63, 3.8) is 0 Å². The average molecular weight is 252 g/mol. The molecule has 0 spiro atoms. The molecule has 5 heteroatoms. The third-order valence-electron chi connectivity index (χ3n) is 3.36. The Labute approximate surface area is 107 Å². The summed E-state index contributed by atoms with van der Waals surface area (Å²) in [5.41, 5.74) is 0.422. The second-order valence-electron chi connectivity index (χ2n) is 4.48. The molecule has 2 rings (SSSR count). The van der Waals surface area contributed by atoms with E-state index in [1.807, 2.05) is 11.5 Å². The number of aromatic hydroxyl groups is 1. The van der Waals surface area contributed by atoms with E-state index < -0.39 is 0 Å². The Kier molecular flexibility index (Phi) is 4.38. The van der Waals surface area contributed by atoms with Crippen molar-refractivity contribution in [3.8, 4) is 5.75 Å². The summed E-state index contributed by atoms with van der Waals surface area (Å²) >= 11 is 0. The molecule has 2 heterocycles. The number of nitrogens with zero attached hydrogens (tertiary/aromatic N) is 2. The number of rotatable bonds is 4. The SMILES string of the molecule is CCc1c(O)c(=O)ccn1CCN1CCOCC1. The van der Waals surface area contributed by atoms with Crippen molar-refractivity contribution in [1.29, 1.82) is 0 Å². The fraction of sp³-hybridized carbons (Fsp3) is 0.615. The Bertz CT molecular complexity index is 450. The summed E-state index contributed by atoms with van der Waals surface area (Å²) in [7, 11) is 0. The van der Waals surface area contributed by atoms with Gasteiger partial charge in [-0.3, -0.25) is 9.69 Å². The quantitative estimate of drug-likeness (QED) is 0.845. The number of morpholine rings is 1. The van der Waals surface area contributed by atoms with Gasteiger partial charge in [0.15, 0.2) is 5.75 Å². The predicted octanol–water partition coefficient (Wildman–Crippen LogP) is 0.448. The van der Waals surface area contributed by atoms with E-state index in [2.05, 4.69) is 4.90 Å². The van der Waals surface area contributed by atoms with Crippen molar-refractivity contribution in [2.24, 2.45) is 0 Å².